The highest BCUT2D eigenvalue weighted by Gasteiger charge is 2.23. The van der Waals surface area contributed by atoms with E-state index in [1.54, 1.807) is 0 Å². The van der Waals surface area contributed by atoms with Crippen LogP contribution in [0.2, 0.25) is 0 Å². The highest BCUT2D eigenvalue weighted by atomic mass is 79.9. The molecule has 1 aromatic rings. The van der Waals surface area contributed by atoms with Gasteiger partial charge in [-0.2, -0.15) is 5.10 Å². The van der Waals surface area contributed by atoms with E-state index in [-0.39, 0.29) is 6.04 Å². The van der Waals surface area contributed by atoms with Crippen molar-refractivity contribution in [1.82, 2.24) is 10.2 Å². The fourth-order valence-corrected chi connectivity index (χ4v) is 2.00. The molecule has 0 fully saturated rings. The van der Waals surface area contributed by atoms with Crippen molar-refractivity contribution in [3.05, 3.63) is 15.9 Å². The number of H-pyrrole nitrogens is 1. The van der Waals surface area contributed by atoms with Crippen LogP contribution in [0.4, 0.5) is 0 Å². The maximum Gasteiger partial charge on any atom is 0.132 e. The summed E-state index contributed by atoms with van der Waals surface area (Å²) in [4.78, 5) is 0. The molecule has 0 saturated carbocycles. The molecule has 0 aliphatic heterocycles. The standard InChI is InChI=1S/C6H8BrN3/c7-6-5-3(8)1-2-4(5)9-10-6/h3H,1-2,8H2,(H,9,10). The first-order valence-electron chi connectivity index (χ1n) is 3.27. The second-order valence-corrected chi connectivity index (χ2v) is 3.30. The Bertz CT molecular complexity index is 255. The molecule has 3 nitrogen and oxygen atoms in total. The molecule has 0 amide bonds. The number of fused-ring (bicyclic) bond motifs is 1. The van der Waals surface area contributed by atoms with Crippen LogP contribution >= 0.6 is 15.9 Å². The SMILES string of the molecule is NC1CCc2[nH]nc(Br)c21. The van der Waals surface area contributed by atoms with Gasteiger partial charge in [-0.05, 0) is 28.8 Å². The van der Waals surface area contributed by atoms with E-state index in [0.717, 1.165) is 17.4 Å². The molecule has 1 aromatic heterocycles. The van der Waals surface area contributed by atoms with Gasteiger partial charge in [-0.1, -0.05) is 0 Å². The number of aromatic amines is 1. The van der Waals surface area contributed by atoms with E-state index in [0.29, 0.717) is 0 Å². The Morgan fingerprint density at radius 3 is 3.20 bits per heavy atom. The molecular formula is C6H8BrN3. The predicted octanol–water partition coefficient (Wildman–Crippen LogP) is 1.12. The monoisotopic (exact) mass is 201 g/mol. The Kier molecular flexibility index (Phi) is 1.32. The molecular weight excluding hydrogens is 194 g/mol. The van der Waals surface area contributed by atoms with Gasteiger partial charge in [-0.15, -0.1) is 0 Å². The van der Waals surface area contributed by atoms with E-state index >= 15 is 0 Å². The fourth-order valence-electron chi connectivity index (χ4n) is 1.37. The second kappa shape index (κ2) is 2.07. The van der Waals surface area contributed by atoms with E-state index in [4.69, 9.17) is 5.73 Å². The number of nitrogens with zero attached hydrogens (tertiary/aromatic N) is 1. The van der Waals surface area contributed by atoms with Crippen molar-refractivity contribution in [2.45, 2.75) is 18.9 Å². The minimum absolute atomic E-state index is 0.183. The summed E-state index contributed by atoms with van der Waals surface area (Å²) < 4.78 is 0.882. The fraction of sp³-hybridized carbons (Fsp3) is 0.500. The number of aryl methyl sites for hydroxylation is 1. The van der Waals surface area contributed by atoms with Gasteiger partial charge in [0.25, 0.3) is 0 Å². The van der Waals surface area contributed by atoms with Gasteiger partial charge in [-0.25, -0.2) is 0 Å². The van der Waals surface area contributed by atoms with Crippen molar-refractivity contribution in [2.75, 3.05) is 0 Å². The first-order chi connectivity index (χ1) is 4.79. The van der Waals surface area contributed by atoms with Gasteiger partial charge in [-0.3, -0.25) is 5.10 Å². The lowest BCUT2D eigenvalue weighted by Gasteiger charge is -1.98. The van der Waals surface area contributed by atoms with E-state index in [9.17, 15) is 0 Å². The third-order valence-electron chi connectivity index (χ3n) is 1.91. The van der Waals surface area contributed by atoms with Gasteiger partial charge < -0.3 is 5.73 Å². The lowest BCUT2D eigenvalue weighted by atomic mass is 10.2. The molecule has 1 aliphatic rings. The van der Waals surface area contributed by atoms with Crippen LogP contribution in [0.25, 0.3) is 0 Å². The van der Waals surface area contributed by atoms with E-state index in [2.05, 4.69) is 26.1 Å². The molecule has 1 unspecified atom stereocenters. The molecule has 0 radical (unpaired) electrons. The molecule has 10 heavy (non-hydrogen) atoms. The summed E-state index contributed by atoms with van der Waals surface area (Å²) in [7, 11) is 0. The Hall–Kier alpha value is -0.350. The minimum atomic E-state index is 0.183. The summed E-state index contributed by atoms with van der Waals surface area (Å²) in [6.45, 7) is 0. The van der Waals surface area contributed by atoms with Crippen molar-refractivity contribution in [2.24, 2.45) is 5.73 Å². The van der Waals surface area contributed by atoms with Crippen LogP contribution in [0.1, 0.15) is 23.7 Å². The molecule has 0 saturated heterocycles. The lowest BCUT2D eigenvalue weighted by Crippen LogP contribution is -2.05. The number of hydrogen-bond acceptors (Lipinski definition) is 2. The van der Waals surface area contributed by atoms with Crippen molar-refractivity contribution >= 4 is 15.9 Å². The van der Waals surface area contributed by atoms with E-state index in [1.165, 1.54) is 11.3 Å². The summed E-state index contributed by atoms with van der Waals surface area (Å²) in [6, 6.07) is 0.183. The highest BCUT2D eigenvalue weighted by Crippen LogP contribution is 2.32. The molecule has 0 bridgehead atoms. The Morgan fingerprint density at radius 1 is 1.70 bits per heavy atom. The number of rotatable bonds is 0. The number of nitrogens with two attached hydrogens (primary N) is 1. The zero-order valence-electron chi connectivity index (χ0n) is 5.39. The van der Waals surface area contributed by atoms with Gasteiger partial charge in [0.1, 0.15) is 4.60 Å². The van der Waals surface area contributed by atoms with Crippen LogP contribution in [-0.2, 0) is 6.42 Å². The van der Waals surface area contributed by atoms with Crippen molar-refractivity contribution in [1.29, 1.82) is 0 Å². The van der Waals surface area contributed by atoms with E-state index in [1.807, 2.05) is 0 Å². The van der Waals surface area contributed by atoms with Gasteiger partial charge in [0.15, 0.2) is 0 Å². The zero-order chi connectivity index (χ0) is 7.14. The molecule has 0 aromatic carbocycles. The number of nitrogens with one attached hydrogen (secondary N) is 1. The summed E-state index contributed by atoms with van der Waals surface area (Å²) in [6.07, 6.45) is 2.08. The summed E-state index contributed by atoms with van der Waals surface area (Å²) in [5.41, 5.74) is 8.16. The summed E-state index contributed by atoms with van der Waals surface area (Å²) in [5.74, 6) is 0. The third kappa shape index (κ3) is 0.722. The van der Waals surface area contributed by atoms with Gasteiger partial charge in [0.05, 0.1) is 0 Å². The maximum absolute atomic E-state index is 5.80. The topological polar surface area (TPSA) is 54.7 Å². The third-order valence-corrected chi connectivity index (χ3v) is 2.52. The van der Waals surface area contributed by atoms with Crippen molar-refractivity contribution in [3.63, 3.8) is 0 Å². The Morgan fingerprint density at radius 2 is 2.50 bits per heavy atom. The van der Waals surface area contributed by atoms with Gasteiger partial charge in [0.2, 0.25) is 0 Å². The minimum Gasteiger partial charge on any atom is -0.324 e. The number of halogens is 1. The van der Waals surface area contributed by atoms with Crippen LogP contribution in [0.15, 0.2) is 4.60 Å². The zero-order valence-corrected chi connectivity index (χ0v) is 6.98. The quantitative estimate of drug-likeness (QED) is 0.662. The van der Waals surface area contributed by atoms with Crippen LogP contribution < -0.4 is 5.73 Å². The first-order valence-corrected chi connectivity index (χ1v) is 4.06. The molecule has 1 atom stereocenters. The molecule has 1 heterocycles. The molecule has 2 rings (SSSR count). The average molecular weight is 202 g/mol. The normalized spacial score (nSPS) is 23.2. The van der Waals surface area contributed by atoms with Crippen LogP contribution in [0.5, 0.6) is 0 Å². The molecule has 54 valence electrons. The summed E-state index contributed by atoms with van der Waals surface area (Å²) in [5, 5.41) is 6.94. The number of hydrogen-bond donors (Lipinski definition) is 2. The first kappa shape index (κ1) is 6.37. The molecule has 0 spiro atoms. The predicted molar refractivity (Wildman–Crippen MR) is 41.5 cm³/mol. The Balaban J connectivity index is 2.54. The second-order valence-electron chi connectivity index (χ2n) is 2.55. The summed E-state index contributed by atoms with van der Waals surface area (Å²) >= 11 is 3.34. The van der Waals surface area contributed by atoms with Crippen LogP contribution in [0, 0.1) is 0 Å². The van der Waals surface area contributed by atoms with E-state index < -0.39 is 0 Å². The largest absolute Gasteiger partial charge is 0.324 e. The Labute approximate surface area is 67.1 Å². The lowest BCUT2D eigenvalue weighted by molar-refractivity contribution is 0.700. The highest BCUT2D eigenvalue weighted by molar-refractivity contribution is 9.10. The average Bonchev–Trinajstić information content (AvgIpc) is 2.40. The van der Waals surface area contributed by atoms with Gasteiger partial charge >= 0.3 is 0 Å². The maximum atomic E-state index is 5.80. The molecule has 4 heteroatoms. The smallest absolute Gasteiger partial charge is 0.132 e. The molecule has 1 aliphatic carbocycles. The van der Waals surface area contributed by atoms with Crippen LogP contribution in [0.3, 0.4) is 0 Å². The van der Waals surface area contributed by atoms with Crippen molar-refractivity contribution < 1.29 is 0 Å². The molecule has 3 N–H and O–H groups in total. The van der Waals surface area contributed by atoms with Crippen molar-refractivity contribution in [3.8, 4) is 0 Å². The van der Waals surface area contributed by atoms with Gasteiger partial charge in [0, 0.05) is 17.3 Å². The number of aromatic nitrogens is 2. The van der Waals surface area contributed by atoms with Crippen LogP contribution in [-0.4, -0.2) is 10.2 Å².